The number of hydrogen-bond donors (Lipinski definition) is 2. The zero-order valence-electron chi connectivity index (χ0n) is 17.0. The van der Waals surface area contributed by atoms with Gasteiger partial charge in [-0.1, -0.05) is 31.2 Å². The summed E-state index contributed by atoms with van der Waals surface area (Å²) >= 11 is 0. The number of aliphatic hydroxyl groups is 1. The molecular weight excluding hydrogens is 354 g/mol. The molecule has 0 fully saturated rings. The highest BCUT2D eigenvalue weighted by Gasteiger charge is 2.33. The van der Waals surface area contributed by atoms with Gasteiger partial charge in [-0.2, -0.15) is 0 Å². The second kappa shape index (κ2) is 8.71. The molecule has 0 bridgehead atoms. The maximum atomic E-state index is 13.3. The van der Waals surface area contributed by atoms with Crippen LogP contribution in [0.2, 0.25) is 0 Å². The van der Waals surface area contributed by atoms with Crippen LogP contribution in [0.4, 0.5) is 0 Å². The Labute approximate surface area is 166 Å². The predicted octanol–water partition coefficient (Wildman–Crippen LogP) is 2.50. The van der Waals surface area contributed by atoms with Crippen molar-refractivity contribution < 1.29 is 14.6 Å². The van der Waals surface area contributed by atoms with Gasteiger partial charge in [0.25, 0.3) is 5.91 Å². The number of amides is 1. The van der Waals surface area contributed by atoms with Crippen molar-refractivity contribution in [2.24, 2.45) is 5.92 Å². The smallest absolute Gasteiger partial charge is 0.259 e. The maximum Gasteiger partial charge on any atom is 0.259 e. The molecule has 0 saturated heterocycles. The van der Waals surface area contributed by atoms with Gasteiger partial charge in [-0.15, -0.1) is 0 Å². The van der Waals surface area contributed by atoms with Crippen LogP contribution in [0.5, 0.6) is 5.88 Å². The first-order valence-corrected chi connectivity index (χ1v) is 9.75. The normalized spacial score (nSPS) is 20.8. The van der Waals surface area contributed by atoms with E-state index in [1.807, 2.05) is 51.2 Å². The van der Waals surface area contributed by atoms with Crippen LogP contribution < -0.4 is 10.1 Å². The van der Waals surface area contributed by atoms with Gasteiger partial charge >= 0.3 is 0 Å². The molecule has 28 heavy (non-hydrogen) atoms. The number of benzene rings is 1. The third-order valence-corrected chi connectivity index (χ3v) is 5.38. The number of nitrogens with one attached hydrogen (secondary N) is 1. The fourth-order valence-electron chi connectivity index (χ4n) is 3.59. The van der Waals surface area contributed by atoms with E-state index in [0.717, 1.165) is 16.7 Å². The Kier molecular flexibility index (Phi) is 6.31. The minimum Gasteiger partial charge on any atom is -0.472 e. The lowest BCUT2D eigenvalue weighted by Gasteiger charge is -2.36. The van der Waals surface area contributed by atoms with Crippen LogP contribution >= 0.6 is 0 Å². The Hall–Kier alpha value is -2.44. The standard InChI is InChI=1S/C22H29N3O3/c1-14-7-5-6-8-18(14)17-9-19-21(24-10-17)28-20(11-23-4)15(2)12-25(22(19)27)16(3)13-26/h5-10,15-16,20,23,26H,11-13H2,1-4H3/t15-,16-,20+/m0/s1. The Morgan fingerprint density at radius 1 is 1.36 bits per heavy atom. The van der Waals surface area contributed by atoms with Crippen molar-refractivity contribution in [3.63, 3.8) is 0 Å². The van der Waals surface area contributed by atoms with Gasteiger partial charge in [0.2, 0.25) is 5.88 Å². The Balaban J connectivity index is 2.09. The Morgan fingerprint density at radius 3 is 2.79 bits per heavy atom. The van der Waals surface area contributed by atoms with Crippen molar-refractivity contribution in [1.82, 2.24) is 15.2 Å². The number of hydrogen-bond acceptors (Lipinski definition) is 5. The predicted molar refractivity (Wildman–Crippen MR) is 110 cm³/mol. The number of aromatic nitrogens is 1. The molecule has 150 valence electrons. The summed E-state index contributed by atoms with van der Waals surface area (Å²) in [5, 5.41) is 12.8. The van der Waals surface area contributed by atoms with E-state index in [0.29, 0.717) is 24.5 Å². The zero-order valence-corrected chi connectivity index (χ0v) is 17.0. The summed E-state index contributed by atoms with van der Waals surface area (Å²) < 4.78 is 6.16. The number of fused-ring (bicyclic) bond motifs is 1. The molecule has 6 heteroatoms. The topological polar surface area (TPSA) is 74.7 Å². The molecule has 1 aromatic carbocycles. The lowest BCUT2D eigenvalue weighted by atomic mass is 9.98. The number of pyridine rings is 1. The van der Waals surface area contributed by atoms with Crippen LogP contribution in [-0.4, -0.2) is 59.8 Å². The molecule has 1 aromatic heterocycles. The van der Waals surface area contributed by atoms with Crippen LogP contribution in [0.1, 0.15) is 29.8 Å². The van der Waals surface area contributed by atoms with Crippen molar-refractivity contribution in [1.29, 1.82) is 0 Å². The number of ether oxygens (including phenoxy) is 1. The molecule has 0 radical (unpaired) electrons. The van der Waals surface area contributed by atoms with Crippen molar-refractivity contribution in [2.75, 3.05) is 26.7 Å². The van der Waals surface area contributed by atoms with Gasteiger partial charge in [0.1, 0.15) is 11.7 Å². The van der Waals surface area contributed by atoms with Crippen molar-refractivity contribution in [2.45, 2.75) is 32.9 Å². The summed E-state index contributed by atoms with van der Waals surface area (Å²) in [6.45, 7) is 7.03. The molecular formula is C22H29N3O3. The summed E-state index contributed by atoms with van der Waals surface area (Å²) in [5.74, 6) is 0.287. The van der Waals surface area contributed by atoms with E-state index in [9.17, 15) is 9.90 Å². The van der Waals surface area contributed by atoms with Gasteiger partial charge in [-0.25, -0.2) is 4.98 Å². The monoisotopic (exact) mass is 383 g/mol. The van der Waals surface area contributed by atoms with E-state index in [1.54, 1.807) is 11.1 Å². The summed E-state index contributed by atoms with van der Waals surface area (Å²) in [6.07, 6.45) is 1.64. The van der Waals surface area contributed by atoms with Gasteiger partial charge in [0.05, 0.1) is 12.6 Å². The molecule has 0 unspecified atom stereocenters. The molecule has 6 nitrogen and oxygen atoms in total. The van der Waals surface area contributed by atoms with Gasteiger partial charge in [0.15, 0.2) is 0 Å². The third kappa shape index (κ3) is 4.03. The molecule has 1 aliphatic heterocycles. The van der Waals surface area contributed by atoms with Crippen LogP contribution in [-0.2, 0) is 0 Å². The van der Waals surface area contributed by atoms with Crippen molar-refractivity contribution >= 4 is 5.91 Å². The molecule has 0 aliphatic carbocycles. The molecule has 2 aromatic rings. The molecule has 1 aliphatic rings. The van der Waals surface area contributed by atoms with Gasteiger partial charge in [-0.3, -0.25) is 4.79 Å². The van der Waals surface area contributed by atoms with Crippen molar-refractivity contribution in [3.05, 3.63) is 47.7 Å². The molecule has 3 atom stereocenters. The van der Waals surface area contributed by atoms with Gasteiger partial charge in [0, 0.05) is 30.8 Å². The highest BCUT2D eigenvalue weighted by molar-refractivity contribution is 5.98. The molecule has 3 rings (SSSR count). The molecule has 2 N–H and O–H groups in total. The molecule has 0 spiro atoms. The Morgan fingerprint density at radius 2 is 2.11 bits per heavy atom. The molecule has 1 amide bonds. The van der Waals surface area contributed by atoms with Gasteiger partial charge < -0.3 is 20.1 Å². The first-order valence-electron chi connectivity index (χ1n) is 9.75. The first-order chi connectivity index (χ1) is 13.5. The number of rotatable bonds is 5. The second-order valence-electron chi connectivity index (χ2n) is 7.57. The number of nitrogens with zero attached hydrogens (tertiary/aromatic N) is 2. The largest absolute Gasteiger partial charge is 0.472 e. The number of aliphatic hydroxyl groups excluding tert-OH is 1. The van der Waals surface area contributed by atoms with Gasteiger partial charge in [-0.05, 0) is 38.1 Å². The summed E-state index contributed by atoms with van der Waals surface area (Å²) in [7, 11) is 1.88. The van der Waals surface area contributed by atoms with E-state index in [-0.39, 0.29) is 30.6 Å². The van der Waals surface area contributed by atoms with Crippen LogP contribution in [0.25, 0.3) is 11.1 Å². The number of likely N-dealkylation sites (N-methyl/N-ethyl adjacent to an activating group) is 1. The summed E-state index contributed by atoms with van der Waals surface area (Å²) in [6, 6.07) is 9.60. The number of carbonyl (C=O) groups is 1. The van der Waals surface area contributed by atoms with Crippen LogP contribution in [0, 0.1) is 12.8 Å². The number of carbonyl (C=O) groups excluding carboxylic acids is 1. The van der Waals surface area contributed by atoms with E-state index >= 15 is 0 Å². The van der Waals surface area contributed by atoms with E-state index in [2.05, 4.69) is 17.2 Å². The lowest BCUT2D eigenvalue weighted by Crippen LogP contribution is -2.49. The van der Waals surface area contributed by atoms with Crippen LogP contribution in [0.3, 0.4) is 0 Å². The highest BCUT2D eigenvalue weighted by atomic mass is 16.5. The molecule has 0 saturated carbocycles. The fourth-order valence-corrected chi connectivity index (χ4v) is 3.59. The van der Waals surface area contributed by atoms with E-state index in [4.69, 9.17) is 4.74 Å². The second-order valence-corrected chi connectivity index (χ2v) is 7.57. The average Bonchev–Trinajstić information content (AvgIpc) is 2.70. The van der Waals surface area contributed by atoms with Crippen LogP contribution in [0.15, 0.2) is 36.5 Å². The SMILES string of the molecule is CNC[C@H]1Oc2ncc(-c3ccccc3C)cc2C(=O)N([C@@H](C)CO)C[C@@H]1C. The average molecular weight is 383 g/mol. The molecule has 2 heterocycles. The first kappa shape index (κ1) is 20.3. The van der Waals surface area contributed by atoms with E-state index in [1.165, 1.54) is 0 Å². The minimum atomic E-state index is -0.279. The summed E-state index contributed by atoms with van der Waals surface area (Å²) in [5.41, 5.74) is 3.47. The fraction of sp³-hybridized carbons (Fsp3) is 0.455. The van der Waals surface area contributed by atoms with Crippen molar-refractivity contribution in [3.8, 4) is 17.0 Å². The number of aryl methyl sites for hydroxylation is 1. The highest BCUT2D eigenvalue weighted by Crippen LogP contribution is 2.31. The third-order valence-electron chi connectivity index (χ3n) is 5.38. The maximum absolute atomic E-state index is 13.3. The quantitative estimate of drug-likeness (QED) is 0.830. The Bertz CT molecular complexity index is 840. The zero-order chi connectivity index (χ0) is 20.3. The van der Waals surface area contributed by atoms with E-state index < -0.39 is 0 Å². The minimum absolute atomic E-state index is 0.0870. The summed E-state index contributed by atoms with van der Waals surface area (Å²) in [4.78, 5) is 19.6. The lowest BCUT2D eigenvalue weighted by molar-refractivity contribution is 0.0404.